The molecule has 0 aromatic heterocycles. The highest BCUT2D eigenvalue weighted by Crippen LogP contribution is 2.29. The van der Waals surface area contributed by atoms with Gasteiger partial charge in [-0.2, -0.15) is 0 Å². The molecule has 0 bridgehead atoms. The largest absolute Gasteiger partial charge is 0.478 e. The van der Waals surface area contributed by atoms with E-state index in [-0.39, 0.29) is 0 Å². The summed E-state index contributed by atoms with van der Waals surface area (Å²) in [5.41, 5.74) is -0.354. The first-order valence-corrected chi connectivity index (χ1v) is 6.02. The number of aromatic carboxylic acids is 1. The molecule has 6 heteroatoms. The maximum Gasteiger partial charge on any atom is 0.335 e. The molecule has 98 valence electrons. The van der Waals surface area contributed by atoms with E-state index >= 15 is 0 Å². The molecule has 0 saturated carbocycles. The molecule has 2 aromatic carbocycles. The lowest BCUT2D eigenvalue weighted by atomic mass is 10.2. The second-order valence-corrected chi connectivity index (χ2v) is 4.58. The van der Waals surface area contributed by atoms with Gasteiger partial charge in [-0.3, -0.25) is 0 Å². The Bertz CT molecular complexity index is 623. The van der Waals surface area contributed by atoms with Crippen LogP contribution in [-0.2, 0) is 0 Å². The van der Waals surface area contributed by atoms with Crippen molar-refractivity contribution in [3.05, 3.63) is 58.1 Å². The van der Waals surface area contributed by atoms with E-state index in [1.165, 1.54) is 0 Å². The molecule has 0 spiro atoms. The molecule has 19 heavy (non-hydrogen) atoms. The Hall–Kier alpha value is -1.95. The van der Waals surface area contributed by atoms with Gasteiger partial charge >= 0.3 is 5.97 Å². The van der Waals surface area contributed by atoms with Crippen LogP contribution in [0.1, 0.15) is 10.4 Å². The van der Waals surface area contributed by atoms with Gasteiger partial charge in [0.1, 0.15) is 5.69 Å². The smallest absolute Gasteiger partial charge is 0.335 e. The number of para-hydroxylation sites is 1. The quantitative estimate of drug-likeness (QED) is 0.889. The number of rotatable bonds is 3. The van der Waals surface area contributed by atoms with Crippen molar-refractivity contribution in [1.82, 2.24) is 0 Å². The standard InChI is InChI=1S/C13H8BrF2NO2/c14-8-3-1-2-4-11(8)17-12-9(15)5-7(13(18)19)6-10(12)16/h1-6,17H,(H,18,19). The number of carboxylic acid groups (broad SMARTS) is 1. The third kappa shape index (κ3) is 2.90. The minimum absolute atomic E-state index is 0.392. The number of halogens is 3. The van der Waals surface area contributed by atoms with Crippen LogP contribution in [0.25, 0.3) is 0 Å². The second-order valence-electron chi connectivity index (χ2n) is 3.72. The average molecular weight is 328 g/mol. The number of carboxylic acids is 1. The Morgan fingerprint density at radius 2 is 1.74 bits per heavy atom. The highest BCUT2D eigenvalue weighted by atomic mass is 79.9. The number of hydrogen-bond donors (Lipinski definition) is 2. The summed E-state index contributed by atoms with van der Waals surface area (Å²) >= 11 is 3.24. The van der Waals surface area contributed by atoms with Gasteiger partial charge in [0, 0.05) is 4.47 Å². The van der Waals surface area contributed by atoms with Crippen LogP contribution in [-0.4, -0.2) is 11.1 Å². The summed E-state index contributed by atoms with van der Waals surface area (Å²) < 4.78 is 28.1. The molecule has 0 radical (unpaired) electrons. The lowest BCUT2D eigenvalue weighted by molar-refractivity contribution is 0.0696. The van der Waals surface area contributed by atoms with E-state index in [1.807, 2.05) is 0 Å². The number of nitrogens with one attached hydrogen (secondary N) is 1. The zero-order chi connectivity index (χ0) is 14.0. The van der Waals surface area contributed by atoms with Crippen molar-refractivity contribution in [2.75, 3.05) is 5.32 Å². The Labute approximate surface area is 116 Å². The fourth-order valence-corrected chi connectivity index (χ4v) is 1.90. The number of hydrogen-bond acceptors (Lipinski definition) is 2. The van der Waals surface area contributed by atoms with E-state index in [0.29, 0.717) is 10.2 Å². The van der Waals surface area contributed by atoms with Crippen molar-refractivity contribution in [1.29, 1.82) is 0 Å². The van der Waals surface area contributed by atoms with Gasteiger partial charge < -0.3 is 10.4 Å². The van der Waals surface area contributed by atoms with Gasteiger partial charge in [0.15, 0.2) is 11.6 Å². The Morgan fingerprint density at radius 1 is 1.16 bits per heavy atom. The van der Waals surface area contributed by atoms with E-state index < -0.39 is 28.9 Å². The minimum Gasteiger partial charge on any atom is -0.478 e. The highest BCUT2D eigenvalue weighted by Gasteiger charge is 2.15. The van der Waals surface area contributed by atoms with Crippen LogP contribution in [0.4, 0.5) is 20.2 Å². The Kier molecular flexibility index (Phi) is 3.80. The zero-order valence-corrected chi connectivity index (χ0v) is 11.0. The van der Waals surface area contributed by atoms with Crippen molar-refractivity contribution in [2.45, 2.75) is 0 Å². The van der Waals surface area contributed by atoms with E-state index in [0.717, 1.165) is 12.1 Å². The molecule has 2 rings (SSSR count). The molecule has 0 heterocycles. The number of anilines is 2. The van der Waals surface area contributed by atoms with Gasteiger partial charge in [-0.05, 0) is 40.2 Å². The number of carbonyl (C=O) groups is 1. The lowest BCUT2D eigenvalue weighted by Gasteiger charge is -2.11. The van der Waals surface area contributed by atoms with Crippen molar-refractivity contribution < 1.29 is 18.7 Å². The normalized spacial score (nSPS) is 10.3. The summed E-state index contributed by atoms with van der Waals surface area (Å²) in [6.45, 7) is 0. The molecular weight excluding hydrogens is 320 g/mol. The summed E-state index contributed by atoms with van der Waals surface area (Å²) in [7, 11) is 0. The third-order valence-corrected chi connectivity index (χ3v) is 3.11. The fourth-order valence-electron chi connectivity index (χ4n) is 1.51. The summed E-state index contributed by atoms with van der Waals surface area (Å²) in [6, 6.07) is 8.34. The topological polar surface area (TPSA) is 49.3 Å². The molecule has 0 aliphatic heterocycles. The van der Waals surface area contributed by atoms with Crippen LogP contribution in [0.15, 0.2) is 40.9 Å². The van der Waals surface area contributed by atoms with E-state index in [9.17, 15) is 13.6 Å². The Morgan fingerprint density at radius 3 is 2.26 bits per heavy atom. The zero-order valence-electron chi connectivity index (χ0n) is 9.45. The van der Waals surface area contributed by atoms with Crippen molar-refractivity contribution >= 4 is 33.3 Å². The van der Waals surface area contributed by atoms with Gasteiger partial charge in [0.25, 0.3) is 0 Å². The van der Waals surface area contributed by atoms with Crippen molar-refractivity contribution in [2.24, 2.45) is 0 Å². The van der Waals surface area contributed by atoms with Gasteiger partial charge in [0.2, 0.25) is 0 Å². The molecule has 0 aliphatic rings. The van der Waals surface area contributed by atoms with Gasteiger partial charge in [-0.25, -0.2) is 13.6 Å². The predicted octanol–water partition coefficient (Wildman–Crippen LogP) is 4.17. The average Bonchev–Trinajstić information content (AvgIpc) is 2.35. The molecule has 2 aromatic rings. The molecule has 0 atom stereocenters. The van der Waals surface area contributed by atoms with Crippen LogP contribution in [0.2, 0.25) is 0 Å². The van der Waals surface area contributed by atoms with Crippen LogP contribution in [0.3, 0.4) is 0 Å². The van der Waals surface area contributed by atoms with Gasteiger partial charge in [-0.1, -0.05) is 12.1 Å². The molecule has 0 unspecified atom stereocenters. The third-order valence-electron chi connectivity index (χ3n) is 2.42. The summed E-state index contributed by atoms with van der Waals surface area (Å²) in [5, 5.41) is 11.3. The molecule has 0 fully saturated rings. The molecule has 2 N–H and O–H groups in total. The molecule has 0 saturated heterocycles. The van der Waals surface area contributed by atoms with E-state index in [2.05, 4.69) is 21.2 Å². The van der Waals surface area contributed by atoms with E-state index in [4.69, 9.17) is 5.11 Å². The first kappa shape index (κ1) is 13.5. The van der Waals surface area contributed by atoms with Crippen LogP contribution in [0.5, 0.6) is 0 Å². The molecule has 0 aliphatic carbocycles. The van der Waals surface area contributed by atoms with E-state index in [1.54, 1.807) is 24.3 Å². The first-order valence-electron chi connectivity index (χ1n) is 5.23. The summed E-state index contributed by atoms with van der Waals surface area (Å²) in [6.07, 6.45) is 0. The van der Waals surface area contributed by atoms with Crippen LogP contribution >= 0.6 is 15.9 Å². The number of benzene rings is 2. The minimum atomic E-state index is -1.38. The van der Waals surface area contributed by atoms with Gasteiger partial charge in [0.05, 0.1) is 11.3 Å². The monoisotopic (exact) mass is 327 g/mol. The molecular formula is C13H8BrF2NO2. The maximum atomic E-state index is 13.7. The highest BCUT2D eigenvalue weighted by molar-refractivity contribution is 9.10. The predicted molar refractivity (Wildman–Crippen MR) is 70.7 cm³/mol. The summed E-state index contributed by atoms with van der Waals surface area (Å²) in [4.78, 5) is 10.7. The lowest BCUT2D eigenvalue weighted by Crippen LogP contribution is -2.03. The first-order chi connectivity index (χ1) is 8.99. The van der Waals surface area contributed by atoms with Crippen molar-refractivity contribution in [3.8, 4) is 0 Å². The molecule has 0 amide bonds. The fraction of sp³-hybridized carbons (Fsp3) is 0. The van der Waals surface area contributed by atoms with Crippen molar-refractivity contribution in [3.63, 3.8) is 0 Å². The molecule has 3 nitrogen and oxygen atoms in total. The summed E-state index contributed by atoms with van der Waals surface area (Å²) in [5.74, 6) is -3.31. The SMILES string of the molecule is O=C(O)c1cc(F)c(Nc2ccccc2Br)c(F)c1. The Balaban J connectivity index is 2.42. The van der Waals surface area contributed by atoms with Crippen LogP contribution in [0, 0.1) is 11.6 Å². The van der Waals surface area contributed by atoms with Crippen LogP contribution < -0.4 is 5.32 Å². The van der Waals surface area contributed by atoms with Gasteiger partial charge in [-0.15, -0.1) is 0 Å². The maximum absolute atomic E-state index is 13.7. The second kappa shape index (κ2) is 5.36.